The summed E-state index contributed by atoms with van der Waals surface area (Å²) in [4.78, 5) is 28.7. The number of carbonyl (C=O) groups excluding carboxylic acids is 2. The fourth-order valence-electron chi connectivity index (χ4n) is 3.48. The normalized spacial score (nSPS) is 14.3. The van der Waals surface area contributed by atoms with Gasteiger partial charge < -0.3 is 24.7 Å². The topological polar surface area (TPSA) is 90.3 Å². The van der Waals surface area contributed by atoms with E-state index in [0.29, 0.717) is 52.0 Å². The first kappa shape index (κ1) is 21.5. The fourth-order valence-corrected chi connectivity index (χ4v) is 3.48. The first-order valence-electron chi connectivity index (χ1n) is 10.2. The lowest BCUT2D eigenvalue weighted by molar-refractivity contribution is -0.131. The first-order chi connectivity index (χ1) is 14.4. The summed E-state index contributed by atoms with van der Waals surface area (Å²) in [6.45, 7) is 4.51. The van der Waals surface area contributed by atoms with Gasteiger partial charge in [-0.05, 0) is 44.0 Å². The second-order valence-corrected chi connectivity index (χ2v) is 7.53. The van der Waals surface area contributed by atoms with Gasteiger partial charge in [0.25, 0.3) is 5.91 Å². The molecule has 2 amide bonds. The molecule has 7 nitrogen and oxygen atoms in total. The zero-order chi connectivity index (χ0) is 21.5. The number of amides is 2. The lowest BCUT2D eigenvalue weighted by atomic mass is 10.1. The molecular formula is C23H28N2O5. The van der Waals surface area contributed by atoms with Crippen LogP contribution in [0.15, 0.2) is 42.5 Å². The van der Waals surface area contributed by atoms with Gasteiger partial charge in [0, 0.05) is 44.2 Å². The molecule has 30 heavy (non-hydrogen) atoms. The smallest absolute Gasteiger partial charge is 0.254 e. The van der Waals surface area contributed by atoms with Crippen LogP contribution < -0.4 is 4.74 Å². The van der Waals surface area contributed by atoms with E-state index in [9.17, 15) is 19.8 Å². The Balaban J connectivity index is 1.45. The van der Waals surface area contributed by atoms with Gasteiger partial charge in [-0.2, -0.15) is 0 Å². The predicted molar refractivity (Wildman–Crippen MR) is 113 cm³/mol. The Hall–Kier alpha value is -3.22. The maximum absolute atomic E-state index is 12.7. The van der Waals surface area contributed by atoms with E-state index < -0.39 is 0 Å². The zero-order valence-corrected chi connectivity index (χ0v) is 17.2. The number of aromatic hydroxyl groups is 2. The van der Waals surface area contributed by atoms with E-state index in [1.165, 1.54) is 23.8 Å². The molecule has 0 saturated carbocycles. The Morgan fingerprint density at radius 1 is 0.933 bits per heavy atom. The number of rotatable bonds is 6. The van der Waals surface area contributed by atoms with Crippen LogP contribution in [-0.4, -0.2) is 64.6 Å². The van der Waals surface area contributed by atoms with E-state index in [1.54, 1.807) is 9.80 Å². The number of aryl methyl sites for hydroxylation is 1. The van der Waals surface area contributed by atoms with Crippen molar-refractivity contribution < 1.29 is 24.5 Å². The lowest BCUT2D eigenvalue weighted by Crippen LogP contribution is -2.37. The van der Waals surface area contributed by atoms with E-state index in [1.807, 2.05) is 31.2 Å². The third-order valence-corrected chi connectivity index (χ3v) is 5.11. The molecule has 0 spiro atoms. The van der Waals surface area contributed by atoms with Crippen molar-refractivity contribution in [3.63, 3.8) is 0 Å². The van der Waals surface area contributed by atoms with Crippen molar-refractivity contribution in [1.29, 1.82) is 0 Å². The molecule has 2 aromatic rings. The van der Waals surface area contributed by atoms with Crippen molar-refractivity contribution in [2.75, 3.05) is 32.8 Å². The van der Waals surface area contributed by atoms with Gasteiger partial charge in [0.1, 0.15) is 17.2 Å². The molecule has 0 aliphatic carbocycles. The molecule has 1 aliphatic heterocycles. The molecule has 0 unspecified atom stereocenters. The van der Waals surface area contributed by atoms with Crippen LogP contribution in [0.25, 0.3) is 0 Å². The number of nitrogens with zero attached hydrogens (tertiary/aromatic N) is 2. The Kier molecular flexibility index (Phi) is 7.17. The van der Waals surface area contributed by atoms with Crippen molar-refractivity contribution in [1.82, 2.24) is 9.80 Å². The van der Waals surface area contributed by atoms with Crippen LogP contribution in [0.4, 0.5) is 0 Å². The first-order valence-corrected chi connectivity index (χ1v) is 10.2. The maximum Gasteiger partial charge on any atom is 0.254 e. The molecular weight excluding hydrogens is 384 g/mol. The minimum absolute atomic E-state index is 0.0619. The van der Waals surface area contributed by atoms with Gasteiger partial charge in [0.2, 0.25) is 5.91 Å². The van der Waals surface area contributed by atoms with Crippen LogP contribution in [0.1, 0.15) is 35.2 Å². The molecule has 2 aromatic carbocycles. The highest BCUT2D eigenvalue weighted by atomic mass is 16.5. The van der Waals surface area contributed by atoms with Crippen molar-refractivity contribution in [3.05, 3.63) is 53.6 Å². The summed E-state index contributed by atoms with van der Waals surface area (Å²) in [5.74, 6) is 0.291. The quantitative estimate of drug-likeness (QED) is 0.712. The van der Waals surface area contributed by atoms with Crippen LogP contribution >= 0.6 is 0 Å². The Morgan fingerprint density at radius 2 is 1.57 bits per heavy atom. The number of carbonyl (C=O) groups is 2. The van der Waals surface area contributed by atoms with Crippen molar-refractivity contribution >= 4 is 11.8 Å². The Labute approximate surface area is 176 Å². The predicted octanol–water partition coefficient (Wildman–Crippen LogP) is 2.94. The van der Waals surface area contributed by atoms with Gasteiger partial charge in [-0.1, -0.05) is 17.7 Å². The number of phenols is 2. The van der Waals surface area contributed by atoms with E-state index in [2.05, 4.69) is 0 Å². The molecule has 0 aromatic heterocycles. The summed E-state index contributed by atoms with van der Waals surface area (Å²) in [7, 11) is 0. The van der Waals surface area contributed by atoms with Crippen molar-refractivity contribution in [2.24, 2.45) is 0 Å². The fraction of sp³-hybridized carbons (Fsp3) is 0.391. The minimum Gasteiger partial charge on any atom is -0.508 e. The van der Waals surface area contributed by atoms with Gasteiger partial charge >= 0.3 is 0 Å². The molecule has 160 valence electrons. The van der Waals surface area contributed by atoms with Crippen LogP contribution in [0.3, 0.4) is 0 Å². The molecule has 1 fully saturated rings. The largest absolute Gasteiger partial charge is 0.508 e. The summed E-state index contributed by atoms with van der Waals surface area (Å²) in [6, 6.07) is 11.7. The van der Waals surface area contributed by atoms with E-state index in [0.717, 1.165) is 5.75 Å². The van der Waals surface area contributed by atoms with Crippen molar-refractivity contribution in [3.8, 4) is 17.2 Å². The average Bonchev–Trinajstić information content (AvgIpc) is 2.97. The van der Waals surface area contributed by atoms with Crippen LogP contribution in [0.2, 0.25) is 0 Å². The summed E-state index contributed by atoms with van der Waals surface area (Å²) in [5.41, 5.74) is 1.41. The highest BCUT2D eigenvalue weighted by Crippen LogP contribution is 2.22. The second-order valence-electron chi connectivity index (χ2n) is 7.53. The SMILES string of the molecule is Cc1ccc(OCCCC(=O)N2CCCN(C(=O)c3cc(O)cc(O)c3)CC2)cc1. The van der Waals surface area contributed by atoms with Gasteiger partial charge in [0.05, 0.1) is 6.61 Å². The molecule has 0 bridgehead atoms. The summed E-state index contributed by atoms with van der Waals surface area (Å²) < 4.78 is 5.68. The Bertz CT molecular complexity index is 861. The molecule has 1 heterocycles. The second kappa shape index (κ2) is 10.0. The molecule has 2 N–H and O–H groups in total. The molecule has 3 rings (SSSR count). The standard InChI is InChI=1S/C23H28N2O5/c1-17-5-7-21(8-6-17)30-13-2-4-22(28)24-9-3-10-25(12-11-24)23(29)18-14-19(26)16-20(27)15-18/h5-8,14-16,26-27H,2-4,9-13H2,1H3. The number of benzene rings is 2. The van der Waals surface area contributed by atoms with Crippen LogP contribution in [0, 0.1) is 6.92 Å². The highest BCUT2D eigenvalue weighted by Gasteiger charge is 2.23. The average molecular weight is 412 g/mol. The molecule has 7 heteroatoms. The third kappa shape index (κ3) is 5.89. The van der Waals surface area contributed by atoms with E-state index in [-0.39, 0.29) is 28.9 Å². The van der Waals surface area contributed by atoms with Gasteiger partial charge in [-0.25, -0.2) is 0 Å². The van der Waals surface area contributed by atoms with Gasteiger partial charge in [-0.3, -0.25) is 9.59 Å². The summed E-state index contributed by atoms with van der Waals surface area (Å²) in [5, 5.41) is 19.2. The number of hydrogen-bond donors (Lipinski definition) is 2. The van der Waals surface area contributed by atoms with Gasteiger partial charge in [-0.15, -0.1) is 0 Å². The minimum atomic E-state index is -0.262. The van der Waals surface area contributed by atoms with Crippen LogP contribution in [0.5, 0.6) is 17.2 Å². The highest BCUT2D eigenvalue weighted by molar-refractivity contribution is 5.95. The zero-order valence-electron chi connectivity index (χ0n) is 17.2. The lowest BCUT2D eigenvalue weighted by Gasteiger charge is -2.22. The molecule has 1 saturated heterocycles. The Morgan fingerprint density at radius 3 is 2.27 bits per heavy atom. The summed E-state index contributed by atoms with van der Waals surface area (Å²) >= 11 is 0. The molecule has 0 atom stereocenters. The van der Waals surface area contributed by atoms with Crippen molar-refractivity contribution in [2.45, 2.75) is 26.2 Å². The number of phenolic OH excluding ortho intramolecular Hbond substituents is 2. The molecule has 1 aliphatic rings. The van der Waals surface area contributed by atoms with Crippen LogP contribution in [-0.2, 0) is 4.79 Å². The number of ether oxygens (including phenoxy) is 1. The number of hydrogen-bond acceptors (Lipinski definition) is 5. The molecule has 0 radical (unpaired) electrons. The van der Waals surface area contributed by atoms with E-state index >= 15 is 0 Å². The van der Waals surface area contributed by atoms with Gasteiger partial charge in [0.15, 0.2) is 0 Å². The maximum atomic E-state index is 12.7. The summed E-state index contributed by atoms with van der Waals surface area (Å²) in [6.07, 6.45) is 1.72. The monoisotopic (exact) mass is 412 g/mol. The van der Waals surface area contributed by atoms with E-state index in [4.69, 9.17) is 4.74 Å². The third-order valence-electron chi connectivity index (χ3n) is 5.11.